The summed E-state index contributed by atoms with van der Waals surface area (Å²) in [6, 6.07) is -1.17. The van der Waals surface area contributed by atoms with Crippen molar-refractivity contribution in [2.24, 2.45) is 5.92 Å². The second kappa shape index (κ2) is 13.3. The first-order chi connectivity index (χ1) is 15.2. The lowest BCUT2D eigenvalue weighted by atomic mass is 9.92. The molecule has 2 aliphatic heterocycles. The normalized spacial score (nSPS) is 35.4. The first-order valence-electron chi connectivity index (χ1n) is 11.2. The van der Waals surface area contributed by atoms with E-state index in [2.05, 4.69) is 10.6 Å². The van der Waals surface area contributed by atoms with E-state index in [1.54, 1.807) is 13.2 Å². The van der Waals surface area contributed by atoms with Crippen molar-refractivity contribution in [3.8, 4) is 0 Å². The molecule has 5 N–H and O–H groups in total. The zero-order valence-corrected chi connectivity index (χ0v) is 20.5. The maximum absolute atomic E-state index is 13.0. The molecule has 0 aliphatic carbocycles. The van der Waals surface area contributed by atoms with Crippen LogP contribution < -0.4 is 10.6 Å². The molecule has 0 saturated carbocycles. The second-order valence-corrected chi connectivity index (χ2v) is 10.2. The Morgan fingerprint density at radius 2 is 2.00 bits per heavy atom. The van der Waals surface area contributed by atoms with Crippen LogP contribution in [0.2, 0.25) is 0 Å². The number of alkyl halides is 1. The first kappa shape index (κ1) is 27.6. The molecule has 0 bridgehead atoms. The van der Waals surface area contributed by atoms with Gasteiger partial charge in [0, 0.05) is 13.5 Å². The average Bonchev–Trinajstić information content (AvgIpc) is 2.99. The number of aliphatic hydroxyl groups is 3. The molecule has 0 aromatic heterocycles. The van der Waals surface area contributed by atoms with Crippen molar-refractivity contribution in [3.63, 3.8) is 0 Å². The van der Waals surface area contributed by atoms with E-state index in [0.717, 1.165) is 25.7 Å². The van der Waals surface area contributed by atoms with Crippen LogP contribution in [0.3, 0.4) is 0 Å². The Kier molecular flexibility index (Phi) is 11.5. The molecule has 0 radical (unpaired) electrons. The summed E-state index contributed by atoms with van der Waals surface area (Å²) in [6.07, 6.45) is 1.13. The summed E-state index contributed by atoms with van der Waals surface area (Å²) in [5.74, 6) is -0.359. The molecule has 2 saturated heterocycles. The van der Waals surface area contributed by atoms with Crippen molar-refractivity contribution in [2.75, 3.05) is 19.4 Å². The van der Waals surface area contributed by atoms with E-state index in [1.165, 1.54) is 18.7 Å². The summed E-state index contributed by atoms with van der Waals surface area (Å²) in [7, 11) is 0. The number of ether oxygens (including phenoxy) is 2. The molecule has 1 amide bonds. The van der Waals surface area contributed by atoms with Crippen molar-refractivity contribution < 1.29 is 34.4 Å². The minimum Gasteiger partial charge on any atom is -0.456 e. The van der Waals surface area contributed by atoms with E-state index in [1.807, 2.05) is 0 Å². The summed E-state index contributed by atoms with van der Waals surface area (Å²) in [5.41, 5.74) is -0.722. The highest BCUT2D eigenvalue weighted by Crippen LogP contribution is 2.32. The topological polar surface area (TPSA) is 137 Å². The Morgan fingerprint density at radius 1 is 1.28 bits per heavy atom. The number of esters is 1. The van der Waals surface area contributed by atoms with Crippen LogP contribution in [-0.4, -0.2) is 93.9 Å². The zero-order valence-electron chi connectivity index (χ0n) is 18.9. The number of rotatable bonds is 9. The van der Waals surface area contributed by atoms with Gasteiger partial charge in [0.05, 0.1) is 17.5 Å². The van der Waals surface area contributed by atoms with Gasteiger partial charge in [0.25, 0.3) is 0 Å². The molecule has 0 spiro atoms. The number of halogens is 1. The van der Waals surface area contributed by atoms with Crippen molar-refractivity contribution in [1.82, 2.24) is 10.6 Å². The lowest BCUT2D eigenvalue weighted by molar-refractivity contribution is -0.217. The van der Waals surface area contributed by atoms with Gasteiger partial charge in [0.2, 0.25) is 5.91 Å². The van der Waals surface area contributed by atoms with Gasteiger partial charge in [0.1, 0.15) is 23.7 Å². The molecule has 1 unspecified atom stereocenters. The fraction of sp³-hybridized carbons (Fsp3) is 0.905. The van der Waals surface area contributed by atoms with Crippen LogP contribution in [0.1, 0.15) is 46.0 Å². The second-order valence-electron chi connectivity index (χ2n) is 8.58. The smallest absolute Gasteiger partial charge is 0.303 e. The van der Waals surface area contributed by atoms with E-state index < -0.39 is 53.3 Å². The number of carbonyl (C=O) groups is 2. The lowest BCUT2D eigenvalue weighted by Gasteiger charge is -2.45. The molecule has 9 atom stereocenters. The number of carbonyl (C=O) groups excluding carboxylic acids is 2. The van der Waals surface area contributed by atoms with Crippen LogP contribution in [0, 0.1) is 5.92 Å². The van der Waals surface area contributed by atoms with Gasteiger partial charge < -0.3 is 35.4 Å². The maximum Gasteiger partial charge on any atom is 0.303 e. The van der Waals surface area contributed by atoms with E-state index in [0.29, 0.717) is 18.9 Å². The highest BCUT2D eigenvalue weighted by Gasteiger charge is 2.50. The van der Waals surface area contributed by atoms with E-state index in [9.17, 15) is 19.8 Å². The van der Waals surface area contributed by atoms with Gasteiger partial charge in [-0.15, -0.1) is 23.4 Å². The van der Waals surface area contributed by atoms with Gasteiger partial charge >= 0.3 is 5.97 Å². The quantitative estimate of drug-likeness (QED) is 0.226. The van der Waals surface area contributed by atoms with Crippen LogP contribution in [0.15, 0.2) is 0 Å². The number of amides is 1. The van der Waals surface area contributed by atoms with Crippen LogP contribution in [-0.2, 0) is 19.1 Å². The van der Waals surface area contributed by atoms with Crippen LogP contribution in [0.4, 0.5) is 0 Å². The molecular formula is C21H37ClN2O7S. The predicted octanol–water partition coefficient (Wildman–Crippen LogP) is 0.371. The third-order valence-corrected chi connectivity index (χ3v) is 7.28. The van der Waals surface area contributed by atoms with Crippen LogP contribution >= 0.6 is 23.4 Å². The molecule has 2 rings (SSSR count). The molecule has 186 valence electrons. The predicted molar refractivity (Wildman–Crippen MR) is 122 cm³/mol. The van der Waals surface area contributed by atoms with Gasteiger partial charge in [-0.05, 0) is 57.7 Å². The number of aliphatic hydroxyl groups excluding tert-OH is 3. The third kappa shape index (κ3) is 7.44. The highest BCUT2D eigenvalue weighted by atomic mass is 35.5. The number of nitrogens with one attached hydrogen (secondary N) is 2. The molecule has 0 aromatic rings. The van der Waals surface area contributed by atoms with E-state index in [-0.39, 0.29) is 12.5 Å². The van der Waals surface area contributed by atoms with Gasteiger partial charge in [-0.1, -0.05) is 0 Å². The monoisotopic (exact) mass is 496 g/mol. The molecule has 2 heterocycles. The summed E-state index contributed by atoms with van der Waals surface area (Å²) >= 11 is 7.61. The van der Waals surface area contributed by atoms with Crippen LogP contribution in [0.5, 0.6) is 0 Å². The van der Waals surface area contributed by atoms with Crippen molar-refractivity contribution in [1.29, 1.82) is 0 Å². The van der Waals surface area contributed by atoms with Gasteiger partial charge in [-0.3, -0.25) is 9.59 Å². The Morgan fingerprint density at radius 3 is 2.59 bits per heavy atom. The standard InChI is InChI=1S/C21H37ClN2O7S/c1-11(22)15(18-16(27)17(28)19(30-12(2)26)21(31-18)32-3)24-20(29)14-7-6-13(5-4-10-25)8-9-23-14/h11,13-19,21,23,25,27-28H,4-10H2,1-3H3,(H,24,29)/t11-,13-,14?,15+,16+,17-,18+,19+,21+/m0/s1. The summed E-state index contributed by atoms with van der Waals surface area (Å²) < 4.78 is 11.1. The number of thioether (sulfide) groups is 1. The average molecular weight is 497 g/mol. The van der Waals surface area contributed by atoms with Gasteiger partial charge in [-0.25, -0.2) is 0 Å². The minimum atomic E-state index is -1.40. The fourth-order valence-corrected chi connectivity index (χ4v) is 5.32. The Labute approximate surface area is 198 Å². The molecule has 2 fully saturated rings. The molecule has 32 heavy (non-hydrogen) atoms. The molecule has 0 aromatic carbocycles. The SMILES string of the molecule is CS[C@H]1O[C@H]([C@H](NC(=O)C2CC[C@H](CCCO)CCN2)[C@H](C)Cl)[C@H](O)[C@H](O)[C@H]1OC(C)=O. The highest BCUT2D eigenvalue weighted by molar-refractivity contribution is 7.99. The molecule has 11 heteroatoms. The first-order valence-corrected chi connectivity index (χ1v) is 12.9. The Bertz CT molecular complexity index is 613. The Hall–Kier alpha value is -0.620. The van der Waals surface area contributed by atoms with Gasteiger partial charge in [0.15, 0.2) is 6.10 Å². The summed E-state index contributed by atoms with van der Waals surface area (Å²) in [6.45, 7) is 3.79. The lowest BCUT2D eigenvalue weighted by Crippen LogP contribution is -2.65. The van der Waals surface area contributed by atoms with Crippen molar-refractivity contribution in [3.05, 3.63) is 0 Å². The van der Waals surface area contributed by atoms with Crippen LogP contribution in [0.25, 0.3) is 0 Å². The summed E-state index contributed by atoms with van der Waals surface area (Å²) in [5, 5.41) is 36.0. The molecule has 2 aliphatic rings. The van der Waals surface area contributed by atoms with E-state index >= 15 is 0 Å². The Balaban J connectivity index is 2.06. The van der Waals surface area contributed by atoms with Crippen molar-refractivity contribution in [2.45, 2.75) is 93.3 Å². The maximum atomic E-state index is 13.0. The largest absolute Gasteiger partial charge is 0.456 e. The fourth-order valence-electron chi connectivity index (χ4n) is 4.39. The minimum absolute atomic E-state index is 0.175. The van der Waals surface area contributed by atoms with E-state index in [4.69, 9.17) is 26.2 Å². The molecular weight excluding hydrogens is 460 g/mol. The van der Waals surface area contributed by atoms with Crippen molar-refractivity contribution >= 4 is 35.2 Å². The summed E-state index contributed by atoms with van der Waals surface area (Å²) in [4.78, 5) is 24.4. The molecule has 9 nitrogen and oxygen atoms in total. The third-order valence-electron chi connectivity index (χ3n) is 6.17. The number of hydrogen-bond acceptors (Lipinski definition) is 9. The zero-order chi connectivity index (χ0) is 23.8. The number of hydrogen-bond donors (Lipinski definition) is 5. The van der Waals surface area contributed by atoms with Gasteiger partial charge in [-0.2, -0.15) is 0 Å².